The molecule has 0 saturated carbocycles. The van der Waals surface area contributed by atoms with Gasteiger partial charge >= 0.3 is 5.69 Å². The summed E-state index contributed by atoms with van der Waals surface area (Å²) in [4.78, 5) is 15.1. The van der Waals surface area contributed by atoms with E-state index in [9.17, 15) is 10.1 Å². The second-order valence-corrected chi connectivity index (χ2v) is 5.43. The number of aromatic nitrogens is 1. The van der Waals surface area contributed by atoms with Crippen molar-refractivity contribution in [3.05, 3.63) is 68.4 Å². The van der Waals surface area contributed by atoms with Crippen molar-refractivity contribution in [1.82, 2.24) is 4.98 Å². The molecule has 0 aliphatic heterocycles. The lowest BCUT2D eigenvalue weighted by molar-refractivity contribution is -0.383. The minimum atomic E-state index is -0.435. The van der Waals surface area contributed by atoms with Crippen LogP contribution >= 0.6 is 22.6 Å². The third-order valence-corrected chi connectivity index (χ3v) is 3.85. The highest BCUT2D eigenvalue weighted by Crippen LogP contribution is 2.38. The van der Waals surface area contributed by atoms with Gasteiger partial charge in [0.15, 0.2) is 0 Å². The van der Waals surface area contributed by atoms with Crippen molar-refractivity contribution < 1.29 is 9.66 Å². The average Bonchev–Trinajstić information content (AvgIpc) is 2.49. The van der Waals surface area contributed by atoms with E-state index in [-0.39, 0.29) is 11.4 Å². The molecule has 3 aromatic rings. The molecule has 104 valence electrons. The first kappa shape index (κ1) is 13.7. The summed E-state index contributed by atoms with van der Waals surface area (Å²) in [7, 11) is 0. The molecule has 0 fully saturated rings. The number of pyridine rings is 1. The lowest BCUT2D eigenvalue weighted by Crippen LogP contribution is -1.96. The lowest BCUT2D eigenvalue weighted by atomic mass is 10.1. The van der Waals surface area contributed by atoms with Gasteiger partial charge in [0.1, 0.15) is 5.75 Å². The normalized spacial score (nSPS) is 10.5. The van der Waals surface area contributed by atoms with Crippen LogP contribution in [0, 0.1) is 13.7 Å². The molecule has 0 saturated heterocycles. The smallest absolute Gasteiger partial charge is 0.320 e. The molecule has 0 N–H and O–H groups in total. The molecule has 1 heterocycles. The molecule has 21 heavy (non-hydrogen) atoms. The largest absolute Gasteiger partial charge is 0.449 e. The predicted molar refractivity (Wildman–Crippen MR) is 87.6 cm³/mol. The lowest BCUT2D eigenvalue weighted by Gasteiger charge is -2.09. The van der Waals surface area contributed by atoms with Crippen molar-refractivity contribution in [3.63, 3.8) is 0 Å². The second kappa shape index (κ2) is 5.65. The summed E-state index contributed by atoms with van der Waals surface area (Å²) in [6.07, 6.45) is 1.60. The van der Waals surface area contributed by atoms with Crippen molar-refractivity contribution in [2.45, 2.75) is 0 Å². The van der Waals surface area contributed by atoms with Crippen molar-refractivity contribution >= 4 is 39.2 Å². The molecule has 5 nitrogen and oxygen atoms in total. The maximum Gasteiger partial charge on any atom is 0.320 e. The van der Waals surface area contributed by atoms with E-state index in [1.54, 1.807) is 36.5 Å². The molecule has 0 aliphatic rings. The minimum Gasteiger partial charge on any atom is -0.449 e. The van der Waals surface area contributed by atoms with Crippen molar-refractivity contribution in [2.24, 2.45) is 0 Å². The third kappa shape index (κ3) is 2.66. The summed E-state index contributed by atoms with van der Waals surface area (Å²) in [5.74, 6) is 0.800. The first-order valence-corrected chi connectivity index (χ1v) is 7.19. The Morgan fingerprint density at radius 2 is 1.86 bits per heavy atom. The Balaban J connectivity index is 2.17. The van der Waals surface area contributed by atoms with Crippen LogP contribution in [0.4, 0.5) is 5.69 Å². The highest BCUT2D eigenvalue weighted by Gasteiger charge is 2.21. The van der Waals surface area contributed by atoms with Gasteiger partial charge in [-0.3, -0.25) is 15.1 Å². The fourth-order valence-corrected chi connectivity index (χ4v) is 2.53. The van der Waals surface area contributed by atoms with Crippen LogP contribution in [0.3, 0.4) is 0 Å². The van der Waals surface area contributed by atoms with Crippen molar-refractivity contribution in [2.75, 3.05) is 0 Å². The summed E-state index contributed by atoms with van der Waals surface area (Å²) >= 11 is 2.13. The Bertz CT molecular complexity index is 836. The number of hydrogen-bond donors (Lipinski definition) is 0. The highest BCUT2D eigenvalue weighted by atomic mass is 127. The summed E-state index contributed by atoms with van der Waals surface area (Å²) < 4.78 is 6.62. The first-order chi connectivity index (χ1) is 10.2. The van der Waals surface area contributed by atoms with Crippen molar-refractivity contribution in [1.29, 1.82) is 0 Å². The Kier molecular flexibility index (Phi) is 3.70. The third-order valence-electron chi connectivity index (χ3n) is 2.96. The van der Waals surface area contributed by atoms with Crippen LogP contribution in [-0.2, 0) is 0 Å². The standard InChI is InChI=1S/C15H9IN2O3/c16-11-5-1-2-6-13(11)21-14-8-7-12-10(4-3-9-17-12)15(14)18(19)20/h1-9H. The fraction of sp³-hybridized carbons (Fsp3) is 0. The number of hydrogen-bond acceptors (Lipinski definition) is 4. The average molecular weight is 392 g/mol. The van der Waals surface area contributed by atoms with Gasteiger partial charge in [0.25, 0.3) is 0 Å². The zero-order chi connectivity index (χ0) is 14.8. The van der Waals surface area contributed by atoms with Crippen LogP contribution in [0.5, 0.6) is 11.5 Å². The van der Waals surface area contributed by atoms with E-state index in [1.165, 1.54) is 0 Å². The molecule has 1 aromatic heterocycles. The number of fused-ring (bicyclic) bond motifs is 1. The number of halogens is 1. The molecule has 0 radical (unpaired) electrons. The highest BCUT2D eigenvalue weighted by molar-refractivity contribution is 14.1. The van der Waals surface area contributed by atoms with Gasteiger partial charge in [0.05, 0.1) is 19.4 Å². The second-order valence-electron chi connectivity index (χ2n) is 4.27. The number of nitro benzene ring substituents is 1. The van der Waals surface area contributed by atoms with Gasteiger partial charge in [-0.05, 0) is 59.0 Å². The van der Waals surface area contributed by atoms with Crippen LogP contribution in [0.25, 0.3) is 10.9 Å². The maximum absolute atomic E-state index is 11.4. The van der Waals surface area contributed by atoms with Gasteiger partial charge in [-0.1, -0.05) is 12.1 Å². The van der Waals surface area contributed by atoms with Crippen LogP contribution in [0.2, 0.25) is 0 Å². The van der Waals surface area contributed by atoms with Gasteiger partial charge < -0.3 is 4.74 Å². The summed E-state index contributed by atoms with van der Waals surface area (Å²) in [6, 6.07) is 14.0. The van der Waals surface area contributed by atoms with E-state index < -0.39 is 4.92 Å². The minimum absolute atomic E-state index is 0.0692. The molecular formula is C15H9IN2O3. The molecule has 0 atom stereocenters. The van der Waals surface area contributed by atoms with E-state index in [0.717, 1.165) is 3.57 Å². The van der Waals surface area contributed by atoms with Crippen LogP contribution in [0.15, 0.2) is 54.7 Å². The number of benzene rings is 2. The quantitative estimate of drug-likeness (QED) is 0.373. The number of nitro groups is 1. The predicted octanol–water partition coefficient (Wildman–Crippen LogP) is 4.54. The molecule has 0 bridgehead atoms. The van der Waals surface area contributed by atoms with Gasteiger partial charge in [-0.2, -0.15) is 0 Å². The van der Waals surface area contributed by atoms with Gasteiger partial charge in [0, 0.05) is 6.20 Å². The molecule has 2 aromatic carbocycles. The first-order valence-electron chi connectivity index (χ1n) is 6.11. The monoisotopic (exact) mass is 392 g/mol. The van der Waals surface area contributed by atoms with E-state index in [2.05, 4.69) is 27.6 Å². The maximum atomic E-state index is 11.4. The summed E-state index contributed by atoms with van der Waals surface area (Å²) in [5, 5.41) is 11.9. The Labute approximate surface area is 133 Å². The SMILES string of the molecule is O=[N+]([O-])c1c(Oc2ccccc2I)ccc2ncccc12. The number of rotatable bonds is 3. The zero-order valence-corrected chi connectivity index (χ0v) is 12.9. The van der Waals surface area contributed by atoms with Gasteiger partial charge in [-0.25, -0.2) is 0 Å². The molecule has 0 aliphatic carbocycles. The molecule has 0 spiro atoms. The molecule has 0 amide bonds. The number of ether oxygens (including phenoxy) is 1. The van der Waals surface area contributed by atoms with Crippen LogP contribution in [-0.4, -0.2) is 9.91 Å². The van der Waals surface area contributed by atoms with Crippen LogP contribution in [0.1, 0.15) is 0 Å². The molecule has 6 heteroatoms. The van der Waals surface area contributed by atoms with E-state index in [0.29, 0.717) is 16.7 Å². The van der Waals surface area contributed by atoms with Gasteiger partial charge in [0.2, 0.25) is 5.75 Å². The van der Waals surface area contributed by atoms with E-state index in [4.69, 9.17) is 4.74 Å². The Morgan fingerprint density at radius 3 is 2.62 bits per heavy atom. The van der Waals surface area contributed by atoms with Gasteiger partial charge in [-0.15, -0.1) is 0 Å². The molecule has 0 unspecified atom stereocenters. The topological polar surface area (TPSA) is 65.3 Å². The molecule has 3 rings (SSSR count). The molecular weight excluding hydrogens is 383 g/mol. The van der Waals surface area contributed by atoms with Crippen LogP contribution < -0.4 is 4.74 Å². The fourth-order valence-electron chi connectivity index (χ4n) is 2.03. The Morgan fingerprint density at radius 1 is 1.05 bits per heavy atom. The number of para-hydroxylation sites is 1. The van der Waals surface area contributed by atoms with E-state index >= 15 is 0 Å². The summed E-state index contributed by atoms with van der Waals surface area (Å²) in [5.41, 5.74) is 0.500. The zero-order valence-electron chi connectivity index (χ0n) is 10.7. The van der Waals surface area contributed by atoms with Crippen molar-refractivity contribution in [3.8, 4) is 11.5 Å². The number of nitrogens with zero attached hydrogens (tertiary/aromatic N) is 2. The summed E-state index contributed by atoms with van der Waals surface area (Å²) in [6.45, 7) is 0. The van der Waals surface area contributed by atoms with E-state index in [1.807, 2.05) is 18.2 Å². The Hall–Kier alpha value is -2.22.